The van der Waals surface area contributed by atoms with Gasteiger partial charge >= 0.3 is 0 Å². The van der Waals surface area contributed by atoms with Gasteiger partial charge in [0.25, 0.3) is 0 Å². The van der Waals surface area contributed by atoms with E-state index in [4.69, 9.17) is 0 Å². The maximum absolute atomic E-state index is 11.2. The molecule has 20 heavy (non-hydrogen) atoms. The molecule has 1 aromatic carbocycles. The first-order valence-electron chi connectivity index (χ1n) is 7.76. The van der Waals surface area contributed by atoms with Crippen LogP contribution in [0.15, 0.2) is 24.3 Å². The monoisotopic (exact) mass is 274 g/mol. The highest BCUT2D eigenvalue weighted by atomic mass is 16.1. The number of Topliss-reactive ketones (excluding diaryl/α,β-unsaturated/α-hetero) is 1. The van der Waals surface area contributed by atoms with Gasteiger partial charge in [-0.2, -0.15) is 0 Å². The largest absolute Gasteiger partial charge is 0.385 e. The van der Waals surface area contributed by atoms with Crippen LogP contribution in [0.1, 0.15) is 49.9 Å². The van der Waals surface area contributed by atoms with Gasteiger partial charge in [-0.3, -0.25) is 4.79 Å². The van der Waals surface area contributed by atoms with Gasteiger partial charge in [0.05, 0.1) is 0 Å². The minimum atomic E-state index is 0.121. The van der Waals surface area contributed by atoms with Gasteiger partial charge in [-0.05, 0) is 63.9 Å². The number of ketones is 1. The molecule has 2 rings (SSSR count). The smallest absolute Gasteiger partial charge is 0.159 e. The fourth-order valence-electron chi connectivity index (χ4n) is 2.83. The molecular weight excluding hydrogens is 248 g/mol. The third kappa shape index (κ3) is 4.34. The van der Waals surface area contributed by atoms with Gasteiger partial charge < -0.3 is 10.2 Å². The third-order valence-corrected chi connectivity index (χ3v) is 4.18. The summed E-state index contributed by atoms with van der Waals surface area (Å²) >= 11 is 0. The Bertz CT molecular complexity index is 427. The van der Waals surface area contributed by atoms with E-state index in [-0.39, 0.29) is 5.78 Å². The van der Waals surface area contributed by atoms with Crippen LogP contribution in [0, 0.1) is 0 Å². The lowest BCUT2D eigenvalue weighted by Gasteiger charge is -2.33. The second kappa shape index (κ2) is 7.44. The summed E-state index contributed by atoms with van der Waals surface area (Å²) < 4.78 is 0. The van der Waals surface area contributed by atoms with E-state index in [0.29, 0.717) is 0 Å². The Labute approximate surface area is 122 Å². The van der Waals surface area contributed by atoms with E-state index in [0.717, 1.165) is 23.8 Å². The Morgan fingerprint density at radius 3 is 2.70 bits per heavy atom. The molecule has 1 aliphatic heterocycles. The van der Waals surface area contributed by atoms with Crippen molar-refractivity contribution < 1.29 is 4.79 Å². The number of carbonyl (C=O) groups excluding carboxylic acids is 1. The van der Waals surface area contributed by atoms with Crippen LogP contribution in [0.3, 0.4) is 0 Å². The van der Waals surface area contributed by atoms with Crippen LogP contribution >= 0.6 is 0 Å². The van der Waals surface area contributed by atoms with E-state index in [1.165, 1.54) is 38.8 Å². The summed E-state index contributed by atoms with van der Waals surface area (Å²) in [6, 6.07) is 8.49. The number of nitrogens with zero attached hydrogens (tertiary/aromatic N) is 1. The summed E-state index contributed by atoms with van der Waals surface area (Å²) in [7, 11) is 0. The molecule has 110 valence electrons. The highest BCUT2D eigenvalue weighted by Gasteiger charge is 2.16. The Morgan fingerprint density at radius 1 is 1.30 bits per heavy atom. The average molecular weight is 274 g/mol. The summed E-state index contributed by atoms with van der Waals surface area (Å²) in [4.78, 5) is 13.8. The molecule has 0 aromatic heterocycles. The molecule has 3 heteroatoms. The first kappa shape index (κ1) is 15.0. The first-order chi connectivity index (χ1) is 9.66. The topological polar surface area (TPSA) is 32.3 Å². The summed E-state index contributed by atoms with van der Waals surface area (Å²) in [5.74, 6) is 0.121. The zero-order valence-corrected chi connectivity index (χ0v) is 12.7. The Balaban J connectivity index is 1.69. The molecule has 1 aliphatic rings. The molecule has 0 bridgehead atoms. The van der Waals surface area contributed by atoms with Crippen molar-refractivity contribution in [2.75, 3.05) is 25.0 Å². The molecule has 1 fully saturated rings. The van der Waals surface area contributed by atoms with Crippen LogP contribution in [-0.4, -0.2) is 36.4 Å². The number of benzene rings is 1. The van der Waals surface area contributed by atoms with E-state index in [2.05, 4.69) is 17.1 Å². The molecule has 1 aromatic rings. The van der Waals surface area contributed by atoms with Gasteiger partial charge in [-0.25, -0.2) is 0 Å². The second-order valence-corrected chi connectivity index (χ2v) is 5.79. The van der Waals surface area contributed by atoms with Crippen molar-refractivity contribution in [3.05, 3.63) is 29.8 Å². The summed E-state index contributed by atoms with van der Waals surface area (Å²) in [5.41, 5.74) is 1.87. The maximum Gasteiger partial charge on any atom is 0.159 e. The van der Waals surface area contributed by atoms with Crippen molar-refractivity contribution in [3.8, 4) is 0 Å². The molecular formula is C17H26N2O. The fraction of sp³-hybridized carbons (Fsp3) is 0.588. The summed E-state index contributed by atoms with van der Waals surface area (Å²) in [6.45, 7) is 7.37. The highest BCUT2D eigenvalue weighted by molar-refractivity contribution is 5.94. The molecule has 0 amide bonds. The molecule has 1 N–H and O–H groups in total. The highest BCUT2D eigenvalue weighted by Crippen LogP contribution is 2.16. The molecule has 0 radical (unpaired) electrons. The number of likely N-dealkylation sites (tertiary alicyclic amines) is 1. The van der Waals surface area contributed by atoms with E-state index in [9.17, 15) is 4.79 Å². The Kier molecular flexibility index (Phi) is 5.60. The second-order valence-electron chi connectivity index (χ2n) is 5.79. The lowest BCUT2D eigenvalue weighted by atomic mass is 10.0. The van der Waals surface area contributed by atoms with Crippen LogP contribution in [0.25, 0.3) is 0 Å². The third-order valence-electron chi connectivity index (χ3n) is 4.18. The standard InChI is InChI=1S/C17H26N2O/c1-14-6-3-4-12-19(14)13-5-11-18-17-9-7-16(8-10-17)15(2)20/h7-10,14,18H,3-6,11-13H2,1-2H3. The van der Waals surface area contributed by atoms with Crippen molar-refractivity contribution in [1.82, 2.24) is 4.90 Å². The number of nitrogens with one attached hydrogen (secondary N) is 1. The molecule has 1 atom stereocenters. The van der Waals surface area contributed by atoms with Gasteiger partial charge in [0.1, 0.15) is 0 Å². The molecule has 0 aliphatic carbocycles. The normalized spacial score (nSPS) is 19.8. The lowest BCUT2D eigenvalue weighted by Crippen LogP contribution is -2.38. The molecule has 1 saturated heterocycles. The zero-order valence-electron chi connectivity index (χ0n) is 12.7. The van der Waals surface area contributed by atoms with Gasteiger partial charge in [0, 0.05) is 30.4 Å². The van der Waals surface area contributed by atoms with Crippen molar-refractivity contribution in [1.29, 1.82) is 0 Å². The van der Waals surface area contributed by atoms with Crippen LogP contribution < -0.4 is 5.32 Å². The number of hydrogen-bond acceptors (Lipinski definition) is 3. The lowest BCUT2D eigenvalue weighted by molar-refractivity contribution is 0.101. The molecule has 1 heterocycles. The van der Waals surface area contributed by atoms with Crippen molar-refractivity contribution in [2.24, 2.45) is 0 Å². The Morgan fingerprint density at radius 2 is 2.05 bits per heavy atom. The molecule has 0 saturated carbocycles. The maximum atomic E-state index is 11.2. The van der Waals surface area contributed by atoms with E-state index >= 15 is 0 Å². The summed E-state index contributed by atoms with van der Waals surface area (Å²) in [6.07, 6.45) is 5.25. The minimum Gasteiger partial charge on any atom is -0.385 e. The number of rotatable bonds is 6. The SMILES string of the molecule is CC(=O)c1ccc(NCCCN2CCCCC2C)cc1. The molecule has 3 nitrogen and oxygen atoms in total. The van der Waals surface area contributed by atoms with E-state index in [1.807, 2.05) is 24.3 Å². The Hall–Kier alpha value is -1.35. The van der Waals surface area contributed by atoms with E-state index < -0.39 is 0 Å². The van der Waals surface area contributed by atoms with Gasteiger partial charge in [-0.1, -0.05) is 6.42 Å². The van der Waals surface area contributed by atoms with Crippen LogP contribution in [-0.2, 0) is 0 Å². The number of carbonyl (C=O) groups is 1. The number of anilines is 1. The quantitative estimate of drug-likeness (QED) is 0.636. The van der Waals surface area contributed by atoms with Crippen LogP contribution in [0.2, 0.25) is 0 Å². The predicted octanol–water partition coefficient (Wildman–Crippen LogP) is 3.57. The molecule has 1 unspecified atom stereocenters. The van der Waals surface area contributed by atoms with Crippen LogP contribution in [0.4, 0.5) is 5.69 Å². The van der Waals surface area contributed by atoms with Crippen molar-refractivity contribution in [3.63, 3.8) is 0 Å². The minimum absolute atomic E-state index is 0.121. The van der Waals surface area contributed by atoms with Gasteiger partial charge in [-0.15, -0.1) is 0 Å². The average Bonchev–Trinajstić information content (AvgIpc) is 2.46. The zero-order chi connectivity index (χ0) is 14.4. The van der Waals surface area contributed by atoms with Gasteiger partial charge in [0.2, 0.25) is 0 Å². The van der Waals surface area contributed by atoms with Crippen LogP contribution in [0.5, 0.6) is 0 Å². The van der Waals surface area contributed by atoms with Crippen molar-refractivity contribution in [2.45, 2.75) is 45.6 Å². The summed E-state index contributed by atoms with van der Waals surface area (Å²) in [5, 5.41) is 3.43. The van der Waals surface area contributed by atoms with Gasteiger partial charge in [0.15, 0.2) is 5.78 Å². The number of piperidine rings is 1. The number of hydrogen-bond donors (Lipinski definition) is 1. The predicted molar refractivity (Wildman–Crippen MR) is 84.4 cm³/mol. The molecule has 0 spiro atoms. The van der Waals surface area contributed by atoms with E-state index in [1.54, 1.807) is 6.92 Å². The first-order valence-corrected chi connectivity index (χ1v) is 7.76. The van der Waals surface area contributed by atoms with Crippen molar-refractivity contribution >= 4 is 11.5 Å². The fourth-order valence-corrected chi connectivity index (χ4v) is 2.83.